The molecule has 22 heavy (non-hydrogen) atoms. The molecular weight excluding hydrogens is 310 g/mol. The number of hydrogen-bond acceptors (Lipinski definition) is 7. The van der Waals surface area contributed by atoms with Gasteiger partial charge in [0, 0.05) is 12.6 Å². The third-order valence-electron chi connectivity index (χ3n) is 3.02. The molecule has 1 heterocycles. The van der Waals surface area contributed by atoms with E-state index in [1.54, 1.807) is 25.3 Å². The molecule has 2 rings (SSSR count). The average Bonchev–Trinajstić information content (AvgIpc) is 2.94. The fraction of sp³-hybridized carbons (Fsp3) is 0.385. The number of nitrogens with zero attached hydrogens (tertiary/aromatic N) is 3. The quantitative estimate of drug-likeness (QED) is 0.785. The Labute approximate surface area is 128 Å². The van der Waals surface area contributed by atoms with Crippen molar-refractivity contribution in [3.8, 4) is 23.0 Å². The van der Waals surface area contributed by atoms with E-state index in [2.05, 4.69) is 10.2 Å². The molecule has 0 aliphatic heterocycles. The summed E-state index contributed by atoms with van der Waals surface area (Å²) < 4.78 is 39.7. The fourth-order valence-corrected chi connectivity index (χ4v) is 2.06. The number of hydrogen-bond donors (Lipinski definition) is 0. The SMILES string of the molecule is COc1ccc(-c2nnc(CN(C)S(C)(=O)=O)o2)cc1OC. The summed E-state index contributed by atoms with van der Waals surface area (Å²) in [5.74, 6) is 1.60. The Morgan fingerprint density at radius 3 is 2.45 bits per heavy atom. The molecule has 8 nitrogen and oxygen atoms in total. The molecule has 0 amide bonds. The van der Waals surface area contributed by atoms with Gasteiger partial charge < -0.3 is 13.9 Å². The maximum atomic E-state index is 11.4. The number of ether oxygens (including phenoxy) is 2. The summed E-state index contributed by atoms with van der Waals surface area (Å²) in [7, 11) is 1.21. The van der Waals surface area contributed by atoms with Crippen molar-refractivity contribution in [3.63, 3.8) is 0 Å². The smallest absolute Gasteiger partial charge is 0.247 e. The van der Waals surface area contributed by atoms with E-state index in [1.807, 2.05) is 0 Å². The lowest BCUT2D eigenvalue weighted by Gasteiger charge is -2.10. The van der Waals surface area contributed by atoms with E-state index in [0.717, 1.165) is 10.6 Å². The molecule has 0 spiro atoms. The lowest BCUT2D eigenvalue weighted by molar-refractivity contribution is 0.355. The summed E-state index contributed by atoms with van der Waals surface area (Å²) in [5, 5.41) is 7.77. The van der Waals surface area contributed by atoms with Crippen LogP contribution in [0.3, 0.4) is 0 Å². The molecule has 0 saturated carbocycles. The number of benzene rings is 1. The van der Waals surface area contributed by atoms with Crippen molar-refractivity contribution in [1.29, 1.82) is 0 Å². The number of aromatic nitrogens is 2. The number of sulfonamides is 1. The van der Waals surface area contributed by atoms with Gasteiger partial charge in [-0.2, -0.15) is 4.31 Å². The predicted molar refractivity (Wildman–Crippen MR) is 79.1 cm³/mol. The van der Waals surface area contributed by atoms with E-state index in [9.17, 15) is 8.42 Å². The van der Waals surface area contributed by atoms with Crippen LogP contribution in [0.4, 0.5) is 0 Å². The molecular formula is C13H17N3O5S. The fourth-order valence-electron chi connectivity index (χ4n) is 1.71. The van der Waals surface area contributed by atoms with Gasteiger partial charge in [-0.05, 0) is 18.2 Å². The molecule has 0 radical (unpaired) electrons. The maximum Gasteiger partial charge on any atom is 0.247 e. The number of methoxy groups -OCH3 is 2. The Balaban J connectivity index is 2.25. The van der Waals surface area contributed by atoms with Crippen LogP contribution < -0.4 is 9.47 Å². The molecule has 2 aromatic rings. The third kappa shape index (κ3) is 3.55. The van der Waals surface area contributed by atoms with Crippen molar-refractivity contribution in [1.82, 2.24) is 14.5 Å². The Morgan fingerprint density at radius 1 is 1.18 bits per heavy atom. The zero-order valence-corrected chi connectivity index (χ0v) is 13.5. The van der Waals surface area contributed by atoms with Crippen LogP contribution in [0.25, 0.3) is 11.5 Å². The highest BCUT2D eigenvalue weighted by atomic mass is 32.2. The zero-order chi connectivity index (χ0) is 16.3. The third-order valence-corrected chi connectivity index (χ3v) is 4.28. The minimum Gasteiger partial charge on any atom is -0.493 e. The average molecular weight is 327 g/mol. The highest BCUT2D eigenvalue weighted by molar-refractivity contribution is 7.88. The second-order valence-electron chi connectivity index (χ2n) is 4.59. The van der Waals surface area contributed by atoms with Crippen molar-refractivity contribution >= 4 is 10.0 Å². The molecule has 9 heteroatoms. The molecule has 1 aromatic heterocycles. The van der Waals surface area contributed by atoms with Gasteiger partial charge in [-0.1, -0.05) is 0 Å². The standard InChI is InChI=1S/C13H17N3O5S/c1-16(22(4,17)18)8-12-14-15-13(21-12)9-5-6-10(19-2)11(7-9)20-3/h5-7H,8H2,1-4H3. The summed E-state index contributed by atoms with van der Waals surface area (Å²) in [5.41, 5.74) is 0.651. The van der Waals surface area contributed by atoms with E-state index in [4.69, 9.17) is 13.9 Å². The molecule has 0 unspecified atom stereocenters. The lowest BCUT2D eigenvalue weighted by atomic mass is 10.2. The summed E-state index contributed by atoms with van der Waals surface area (Å²) >= 11 is 0. The molecule has 0 aliphatic rings. The van der Waals surface area contributed by atoms with Gasteiger partial charge >= 0.3 is 0 Å². The largest absolute Gasteiger partial charge is 0.493 e. The molecule has 0 atom stereocenters. The molecule has 1 aromatic carbocycles. The van der Waals surface area contributed by atoms with E-state index in [0.29, 0.717) is 17.1 Å². The Kier molecular flexibility index (Phi) is 4.67. The topological polar surface area (TPSA) is 94.8 Å². The van der Waals surface area contributed by atoms with Crippen LogP contribution in [-0.2, 0) is 16.6 Å². The van der Waals surface area contributed by atoms with E-state index in [-0.39, 0.29) is 18.3 Å². The van der Waals surface area contributed by atoms with Gasteiger partial charge in [0.25, 0.3) is 0 Å². The first-order valence-corrected chi connectivity index (χ1v) is 8.16. The van der Waals surface area contributed by atoms with E-state index < -0.39 is 10.0 Å². The minimum atomic E-state index is -3.31. The van der Waals surface area contributed by atoms with Crippen molar-refractivity contribution in [2.45, 2.75) is 6.54 Å². The maximum absolute atomic E-state index is 11.4. The van der Waals surface area contributed by atoms with Crippen LogP contribution in [0.2, 0.25) is 0 Å². The minimum absolute atomic E-state index is 0.0130. The van der Waals surface area contributed by atoms with E-state index in [1.165, 1.54) is 14.2 Å². The Hall–Kier alpha value is -2.13. The first-order valence-electron chi connectivity index (χ1n) is 6.31. The van der Waals surface area contributed by atoms with Gasteiger partial charge in [0.2, 0.25) is 21.8 Å². The predicted octanol–water partition coefficient (Wildman–Crippen LogP) is 1.15. The second kappa shape index (κ2) is 6.32. The molecule has 0 fully saturated rings. The van der Waals surface area contributed by atoms with Gasteiger partial charge in [0.15, 0.2) is 11.5 Å². The summed E-state index contributed by atoms with van der Waals surface area (Å²) in [6.45, 7) is 0.0130. The van der Waals surface area contributed by atoms with Crippen molar-refractivity contribution in [3.05, 3.63) is 24.1 Å². The monoisotopic (exact) mass is 327 g/mol. The first kappa shape index (κ1) is 16.2. The van der Waals surface area contributed by atoms with Crippen LogP contribution in [0.15, 0.2) is 22.6 Å². The summed E-state index contributed by atoms with van der Waals surface area (Å²) in [6, 6.07) is 5.18. The van der Waals surface area contributed by atoms with Crippen molar-refractivity contribution in [2.75, 3.05) is 27.5 Å². The van der Waals surface area contributed by atoms with Gasteiger partial charge in [-0.25, -0.2) is 8.42 Å². The lowest BCUT2D eigenvalue weighted by Crippen LogP contribution is -2.25. The Bertz CT molecular complexity index is 757. The number of rotatable bonds is 6. The zero-order valence-electron chi connectivity index (χ0n) is 12.7. The van der Waals surface area contributed by atoms with Crippen LogP contribution in [0, 0.1) is 0 Å². The summed E-state index contributed by atoms with van der Waals surface area (Å²) in [6.07, 6.45) is 1.11. The highest BCUT2D eigenvalue weighted by Gasteiger charge is 2.17. The second-order valence-corrected chi connectivity index (χ2v) is 6.68. The molecule has 0 saturated heterocycles. The van der Waals surface area contributed by atoms with Crippen molar-refractivity contribution in [2.24, 2.45) is 0 Å². The van der Waals surface area contributed by atoms with Gasteiger partial charge in [0.1, 0.15) is 0 Å². The van der Waals surface area contributed by atoms with Crippen LogP contribution in [-0.4, -0.2) is 50.4 Å². The summed E-state index contributed by atoms with van der Waals surface area (Å²) in [4.78, 5) is 0. The van der Waals surface area contributed by atoms with Gasteiger partial charge in [-0.15, -0.1) is 10.2 Å². The highest BCUT2D eigenvalue weighted by Crippen LogP contribution is 2.31. The Morgan fingerprint density at radius 2 is 1.86 bits per heavy atom. The van der Waals surface area contributed by atoms with Gasteiger partial charge in [-0.3, -0.25) is 0 Å². The molecule has 0 bridgehead atoms. The molecule has 0 aliphatic carbocycles. The normalized spacial score (nSPS) is 11.7. The molecule has 120 valence electrons. The van der Waals surface area contributed by atoms with Crippen LogP contribution >= 0.6 is 0 Å². The van der Waals surface area contributed by atoms with Crippen molar-refractivity contribution < 1.29 is 22.3 Å². The van der Waals surface area contributed by atoms with E-state index >= 15 is 0 Å². The molecule has 0 N–H and O–H groups in total. The van der Waals surface area contributed by atoms with Crippen LogP contribution in [0.5, 0.6) is 11.5 Å². The van der Waals surface area contributed by atoms with Crippen LogP contribution in [0.1, 0.15) is 5.89 Å². The first-order chi connectivity index (χ1) is 10.3. The van der Waals surface area contributed by atoms with Gasteiger partial charge in [0.05, 0.1) is 27.0 Å².